The number of fused-ring (bicyclic) bond motifs is 9. The zero-order valence-corrected chi connectivity index (χ0v) is 28.4. The Balaban J connectivity index is 1.13. The Kier molecular flexibility index (Phi) is 6.16. The number of hydrogen-bond acceptors (Lipinski definition) is 4. The summed E-state index contributed by atoms with van der Waals surface area (Å²) >= 11 is 1.84. The Morgan fingerprint density at radius 2 is 1.12 bits per heavy atom. The summed E-state index contributed by atoms with van der Waals surface area (Å²) in [5.74, 6) is 2.01. The van der Waals surface area contributed by atoms with Crippen LogP contribution in [0.15, 0.2) is 168 Å². The highest BCUT2D eigenvalue weighted by Gasteiger charge is 2.50. The van der Waals surface area contributed by atoms with E-state index in [0.717, 1.165) is 23.1 Å². The van der Waals surface area contributed by atoms with Gasteiger partial charge in [-0.2, -0.15) is 0 Å². The Morgan fingerprint density at radius 3 is 1.90 bits per heavy atom. The minimum absolute atomic E-state index is 0.415. The number of rotatable bonds is 3. The van der Waals surface area contributed by atoms with Gasteiger partial charge in [-0.05, 0) is 86.0 Å². The van der Waals surface area contributed by atoms with Crippen molar-refractivity contribution >= 4 is 28.6 Å². The van der Waals surface area contributed by atoms with E-state index in [9.17, 15) is 0 Å². The fourth-order valence-electron chi connectivity index (χ4n) is 8.64. The van der Waals surface area contributed by atoms with Gasteiger partial charge in [0.2, 0.25) is 0 Å². The molecule has 1 aliphatic heterocycles. The monoisotopic (exact) mass is 667 g/mol. The summed E-state index contributed by atoms with van der Waals surface area (Å²) < 4.78 is 0. The van der Waals surface area contributed by atoms with Crippen molar-refractivity contribution in [3.63, 3.8) is 0 Å². The van der Waals surface area contributed by atoms with Gasteiger partial charge in [-0.3, -0.25) is 0 Å². The molecule has 0 atom stereocenters. The second-order valence-electron chi connectivity index (χ2n) is 13.5. The topological polar surface area (TPSA) is 38.7 Å². The van der Waals surface area contributed by atoms with Crippen LogP contribution in [-0.2, 0) is 11.8 Å². The summed E-state index contributed by atoms with van der Waals surface area (Å²) in [5, 5.41) is 2.52. The van der Waals surface area contributed by atoms with E-state index in [0.29, 0.717) is 17.5 Å². The van der Waals surface area contributed by atoms with Crippen LogP contribution in [0.2, 0.25) is 0 Å². The average Bonchev–Trinajstić information content (AvgIpc) is 3.49. The first kappa shape index (κ1) is 28.7. The number of benzene rings is 7. The van der Waals surface area contributed by atoms with E-state index in [4.69, 9.17) is 15.0 Å². The molecule has 1 aromatic heterocycles. The zero-order valence-electron chi connectivity index (χ0n) is 27.5. The first-order valence-electron chi connectivity index (χ1n) is 17.4. The maximum atomic E-state index is 5.22. The largest absolute Gasteiger partial charge is 0.208 e. The molecule has 238 valence electrons. The van der Waals surface area contributed by atoms with Crippen molar-refractivity contribution in [2.75, 3.05) is 0 Å². The summed E-state index contributed by atoms with van der Waals surface area (Å²) in [4.78, 5) is 17.9. The molecule has 0 N–H and O–H groups in total. The molecule has 2 heterocycles. The van der Waals surface area contributed by atoms with E-state index in [-0.39, 0.29) is 0 Å². The number of nitrogens with zero attached hydrogens (tertiary/aromatic N) is 3. The number of hydrogen-bond donors (Lipinski definition) is 0. The van der Waals surface area contributed by atoms with Crippen LogP contribution in [0.1, 0.15) is 33.4 Å². The van der Waals surface area contributed by atoms with Gasteiger partial charge in [0, 0.05) is 26.5 Å². The lowest BCUT2D eigenvalue weighted by Gasteiger charge is -2.39. The van der Waals surface area contributed by atoms with Crippen LogP contribution in [-0.4, -0.2) is 15.0 Å². The summed E-state index contributed by atoms with van der Waals surface area (Å²) in [6.45, 7) is 0. The molecule has 8 aromatic rings. The molecule has 0 radical (unpaired) electrons. The van der Waals surface area contributed by atoms with Crippen LogP contribution in [0, 0.1) is 0 Å². The smallest absolute Gasteiger partial charge is 0.164 e. The van der Waals surface area contributed by atoms with E-state index in [1.807, 2.05) is 30.0 Å². The van der Waals surface area contributed by atoms with E-state index < -0.39 is 5.41 Å². The van der Waals surface area contributed by atoms with Crippen molar-refractivity contribution in [2.24, 2.45) is 0 Å². The summed E-state index contributed by atoms with van der Waals surface area (Å²) in [6.07, 6.45) is 5.43. The molecule has 0 saturated heterocycles. The second-order valence-corrected chi connectivity index (χ2v) is 14.6. The third-order valence-corrected chi connectivity index (χ3v) is 11.9. The average molecular weight is 668 g/mol. The van der Waals surface area contributed by atoms with E-state index >= 15 is 0 Å². The van der Waals surface area contributed by atoms with Crippen molar-refractivity contribution in [1.82, 2.24) is 15.0 Å². The molecule has 2 aliphatic carbocycles. The third-order valence-electron chi connectivity index (χ3n) is 10.8. The van der Waals surface area contributed by atoms with Gasteiger partial charge in [0.15, 0.2) is 17.5 Å². The van der Waals surface area contributed by atoms with E-state index in [2.05, 4.69) is 146 Å². The first-order valence-corrected chi connectivity index (χ1v) is 18.2. The Morgan fingerprint density at radius 1 is 0.471 bits per heavy atom. The molecular weight excluding hydrogens is 639 g/mol. The summed E-state index contributed by atoms with van der Waals surface area (Å²) in [7, 11) is 0. The summed E-state index contributed by atoms with van der Waals surface area (Å²) in [5.41, 5.74) is 13.0. The van der Waals surface area contributed by atoms with Crippen molar-refractivity contribution in [2.45, 2.75) is 21.6 Å². The van der Waals surface area contributed by atoms with Gasteiger partial charge in [-0.1, -0.05) is 151 Å². The van der Waals surface area contributed by atoms with E-state index in [1.54, 1.807) is 0 Å². The van der Waals surface area contributed by atoms with Gasteiger partial charge in [0.25, 0.3) is 0 Å². The molecule has 3 nitrogen and oxygen atoms in total. The molecule has 3 aliphatic rings. The number of allylic oxidation sites excluding steroid dienone is 1. The normalized spacial score (nSPS) is 14.2. The van der Waals surface area contributed by atoms with Crippen LogP contribution >= 0.6 is 11.8 Å². The molecule has 11 rings (SSSR count). The van der Waals surface area contributed by atoms with E-state index in [1.165, 1.54) is 65.1 Å². The molecule has 4 heteroatoms. The molecule has 51 heavy (non-hydrogen) atoms. The maximum absolute atomic E-state index is 5.22. The lowest BCUT2D eigenvalue weighted by molar-refractivity contribution is 0.722. The maximum Gasteiger partial charge on any atom is 0.164 e. The quantitative estimate of drug-likeness (QED) is 0.188. The van der Waals surface area contributed by atoms with Crippen molar-refractivity contribution in [1.29, 1.82) is 0 Å². The van der Waals surface area contributed by atoms with Gasteiger partial charge in [0.1, 0.15) is 0 Å². The minimum atomic E-state index is -0.415. The highest BCUT2D eigenvalue weighted by atomic mass is 32.2. The predicted octanol–water partition coefficient (Wildman–Crippen LogP) is 11.4. The van der Waals surface area contributed by atoms with Gasteiger partial charge in [-0.25, -0.2) is 15.0 Å². The summed E-state index contributed by atoms with van der Waals surface area (Å²) in [6, 6.07) is 54.9. The second kappa shape index (κ2) is 10.9. The Hall–Kier alpha value is -6.10. The van der Waals surface area contributed by atoms with Crippen molar-refractivity contribution in [3.05, 3.63) is 191 Å². The highest BCUT2D eigenvalue weighted by molar-refractivity contribution is 7.99. The fraction of sp³-hybridized carbons (Fsp3) is 0.0426. The highest BCUT2D eigenvalue weighted by Crippen LogP contribution is 2.62. The lowest BCUT2D eigenvalue weighted by Crippen LogP contribution is -2.31. The van der Waals surface area contributed by atoms with Crippen LogP contribution in [0.3, 0.4) is 0 Å². The predicted molar refractivity (Wildman–Crippen MR) is 208 cm³/mol. The molecular formula is C47H29N3S. The van der Waals surface area contributed by atoms with Gasteiger partial charge in [0.05, 0.1) is 5.41 Å². The van der Waals surface area contributed by atoms with Crippen LogP contribution < -0.4 is 0 Å². The molecule has 0 bridgehead atoms. The first-order chi connectivity index (χ1) is 25.3. The molecule has 1 spiro atoms. The zero-order chi connectivity index (χ0) is 33.5. The SMILES string of the molecule is C1=Cc2cc(-c3nc(-c4ccccc4)nc(-c4ccc5c(c4)Sc4ccccc4C54c5ccccc5-c5ccccc54)n3)cc3cccc(c23)C1. The lowest BCUT2D eigenvalue weighted by atomic mass is 9.67. The van der Waals surface area contributed by atoms with Gasteiger partial charge >= 0.3 is 0 Å². The molecule has 7 aromatic carbocycles. The van der Waals surface area contributed by atoms with Gasteiger partial charge < -0.3 is 0 Å². The molecule has 0 saturated carbocycles. The Labute approximate surface area is 300 Å². The minimum Gasteiger partial charge on any atom is -0.208 e. The number of aromatic nitrogens is 3. The van der Waals surface area contributed by atoms with Crippen LogP contribution in [0.25, 0.3) is 62.1 Å². The molecule has 0 amide bonds. The third kappa shape index (κ3) is 4.17. The standard InChI is InChI=1S/C47H29N3S/c1-2-12-30(13-3-1)44-48-45(50-46(49-44)34-26-31-16-10-14-29-15-11-17-32(27-34)43(29)31)33-24-25-40-42(28-33)51-41-23-9-8-22-39(41)47(40)37-20-6-4-18-35(37)36-19-5-7-21-38(36)47/h1-14,16-28H,15H2. The van der Waals surface area contributed by atoms with Crippen LogP contribution in [0.4, 0.5) is 0 Å². The fourth-order valence-corrected chi connectivity index (χ4v) is 9.87. The Bertz CT molecular complexity index is 2720. The van der Waals surface area contributed by atoms with Crippen LogP contribution in [0.5, 0.6) is 0 Å². The van der Waals surface area contributed by atoms with Gasteiger partial charge in [-0.15, -0.1) is 0 Å². The molecule has 0 unspecified atom stereocenters. The molecule has 0 fully saturated rings. The van der Waals surface area contributed by atoms with Crippen molar-refractivity contribution < 1.29 is 0 Å². The van der Waals surface area contributed by atoms with Crippen molar-refractivity contribution in [3.8, 4) is 45.3 Å².